The van der Waals surface area contributed by atoms with Crippen LogP contribution in [0.1, 0.15) is 52.4 Å². The lowest BCUT2D eigenvalue weighted by atomic mass is 9.83. The quantitative estimate of drug-likeness (QED) is 0.821. The Bertz CT molecular complexity index is 366. The Hall–Kier alpha value is -0.600. The molecule has 0 bridgehead atoms. The highest BCUT2D eigenvalue weighted by atomic mass is 32.2. The Morgan fingerprint density at radius 3 is 2.41 bits per heavy atom. The highest BCUT2D eigenvalue weighted by Crippen LogP contribution is 2.28. The van der Waals surface area contributed by atoms with Gasteiger partial charge in [0, 0.05) is 6.04 Å². The van der Waals surface area contributed by atoms with Crippen molar-refractivity contribution in [2.45, 2.75) is 63.7 Å². The molecule has 1 aliphatic carbocycles. The minimum absolute atomic E-state index is 0.00361. The Balaban J connectivity index is 2.66. The third kappa shape index (κ3) is 3.97. The molecule has 1 rings (SSSR count). The second kappa shape index (κ2) is 6.36. The van der Waals surface area contributed by atoms with Gasteiger partial charge in [0.2, 0.25) is 10.0 Å². The van der Waals surface area contributed by atoms with Crippen LogP contribution in [0.25, 0.3) is 0 Å². The number of nitrogens with zero attached hydrogens (tertiary/aromatic N) is 1. The SMILES string of the molecule is CCC(NS(=O)(=O)C(C)C#N)C1CCCCC1. The van der Waals surface area contributed by atoms with Gasteiger partial charge >= 0.3 is 0 Å². The smallest absolute Gasteiger partial charge is 0.211 e. The summed E-state index contributed by atoms with van der Waals surface area (Å²) in [6.07, 6.45) is 6.63. The summed E-state index contributed by atoms with van der Waals surface area (Å²) in [5, 5.41) is 7.73. The number of nitrogens with one attached hydrogen (secondary N) is 1. The van der Waals surface area contributed by atoms with E-state index in [1.165, 1.54) is 26.2 Å². The largest absolute Gasteiger partial charge is 0.227 e. The molecule has 1 N–H and O–H groups in total. The van der Waals surface area contributed by atoms with E-state index < -0.39 is 15.3 Å². The van der Waals surface area contributed by atoms with E-state index in [1.807, 2.05) is 6.92 Å². The lowest BCUT2D eigenvalue weighted by Gasteiger charge is -2.30. The molecule has 1 fully saturated rings. The van der Waals surface area contributed by atoms with Gasteiger partial charge in [-0.05, 0) is 32.1 Å². The predicted octanol–water partition coefficient (Wildman–Crippen LogP) is 2.18. The lowest BCUT2D eigenvalue weighted by Crippen LogP contribution is -2.43. The molecule has 17 heavy (non-hydrogen) atoms. The maximum atomic E-state index is 11.8. The van der Waals surface area contributed by atoms with Crippen LogP contribution >= 0.6 is 0 Å². The molecule has 5 heteroatoms. The number of hydrogen-bond acceptors (Lipinski definition) is 3. The first-order chi connectivity index (χ1) is 8.01. The van der Waals surface area contributed by atoms with Crippen LogP contribution < -0.4 is 4.72 Å². The average molecular weight is 258 g/mol. The minimum Gasteiger partial charge on any atom is -0.211 e. The van der Waals surface area contributed by atoms with Gasteiger partial charge in [0.05, 0.1) is 6.07 Å². The molecule has 98 valence electrons. The first-order valence-electron chi connectivity index (χ1n) is 6.42. The van der Waals surface area contributed by atoms with Crippen LogP contribution in [0.4, 0.5) is 0 Å². The molecule has 0 aromatic carbocycles. The third-order valence-electron chi connectivity index (χ3n) is 3.62. The van der Waals surface area contributed by atoms with E-state index in [0.29, 0.717) is 5.92 Å². The Labute approximate surface area is 104 Å². The molecule has 2 atom stereocenters. The molecule has 2 unspecified atom stereocenters. The summed E-state index contributed by atoms with van der Waals surface area (Å²) in [4.78, 5) is 0. The normalized spacial score (nSPS) is 21.7. The van der Waals surface area contributed by atoms with Crippen LogP contribution in [0.3, 0.4) is 0 Å². The summed E-state index contributed by atoms with van der Waals surface area (Å²) in [7, 11) is -3.48. The van der Waals surface area contributed by atoms with Crippen molar-refractivity contribution in [2.24, 2.45) is 5.92 Å². The molecular formula is C12H22N2O2S. The van der Waals surface area contributed by atoms with E-state index >= 15 is 0 Å². The Kier molecular flexibility index (Phi) is 5.41. The van der Waals surface area contributed by atoms with Crippen molar-refractivity contribution in [1.82, 2.24) is 4.72 Å². The van der Waals surface area contributed by atoms with Crippen molar-refractivity contribution in [2.75, 3.05) is 0 Å². The van der Waals surface area contributed by atoms with Crippen molar-refractivity contribution in [3.63, 3.8) is 0 Å². The molecule has 0 amide bonds. The maximum absolute atomic E-state index is 11.8. The maximum Gasteiger partial charge on any atom is 0.227 e. The zero-order valence-corrected chi connectivity index (χ0v) is 11.5. The predicted molar refractivity (Wildman–Crippen MR) is 67.8 cm³/mol. The van der Waals surface area contributed by atoms with Crippen LogP contribution in [0.2, 0.25) is 0 Å². The number of nitriles is 1. The van der Waals surface area contributed by atoms with Crippen molar-refractivity contribution >= 4 is 10.0 Å². The summed E-state index contributed by atoms with van der Waals surface area (Å²) in [6.45, 7) is 3.43. The van der Waals surface area contributed by atoms with E-state index in [0.717, 1.165) is 19.3 Å². The molecule has 0 spiro atoms. The van der Waals surface area contributed by atoms with Crippen LogP contribution in [-0.4, -0.2) is 19.7 Å². The molecule has 0 saturated heterocycles. The van der Waals surface area contributed by atoms with Crippen molar-refractivity contribution < 1.29 is 8.42 Å². The van der Waals surface area contributed by atoms with Gasteiger partial charge in [0.25, 0.3) is 0 Å². The zero-order valence-electron chi connectivity index (χ0n) is 10.6. The molecular weight excluding hydrogens is 236 g/mol. The Morgan fingerprint density at radius 1 is 1.35 bits per heavy atom. The van der Waals surface area contributed by atoms with Crippen LogP contribution in [0.5, 0.6) is 0 Å². The molecule has 0 aliphatic heterocycles. The third-order valence-corrected chi connectivity index (χ3v) is 5.29. The molecule has 1 aliphatic rings. The van der Waals surface area contributed by atoms with Crippen molar-refractivity contribution in [3.8, 4) is 6.07 Å². The van der Waals surface area contributed by atoms with Gasteiger partial charge in [-0.15, -0.1) is 0 Å². The molecule has 4 nitrogen and oxygen atoms in total. The second-order valence-electron chi connectivity index (χ2n) is 4.85. The first kappa shape index (κ1) is 14.5. The van der Waals surface area contributed by atoms with Crippen LogP contribution in [0.15, 0.2) is 0 Å². The fourth-order valence-corrected chi connectivity index (χ4v) is 3.56. The Morgan fingerprint density at radius 2 is 1.94 bits per heavy atom. The molecule has 1 saturated carbocycles. The van der Waals surface area contributed by atoms with E-state index in [-0.39, 0.29) is 6.04 Å². The molecule has 0 aromatic rings. The average Bonchev–Trinajstić information content (AvgIpc) is 2.36. The number of sulfonamides is 1. The van der Waals surface area contributed by atoms with Gasteiger partial charge in [0.1, 0.15) is 0 Å². The zero-order chi connectivity index (χ0) is 12.9. The van der Waals surface area contributed by atoms with Crippen LogP contribution in [-0.2, 0) is 10.0 Å². The van der Waals surface area contributed by atoms with Gasteiger partial charge in [0.15, 0.2) is 5.25 Å². The van der Waals surface area contributed by atoms with E-state index in [9.17, 15) is 8.42 Å². The highest BCUT2D eigenvalue weighted by Gasteiger charge is 2.29. The van der Waals surface area contributed by atoms with E-state index in [2.05, 4.69) is 4.72 Å². The summed E-state index contributed by atoms with van der Waals surface area (Å²) >= 11 is 0. The number of rotatable bonds is 5. The fraction of sp³-hybridized carbons (Fsp3) is 0.917. The van der Waals surface area contributed by atoms with Gasteiger partial charge in [-0.2, -0.15) is 5.26 Å². The minimum atomic E-state index is -3.48. The monoisotopic (exact) mass is 258 g/mol. The standard InChI is InChI=1S/C12H22N2O2S/c1-3-12(11-7-5-4-6-8-11)14-17(15,16)10(2)9-13/h10-12,14H,3-8H2,1-2H3. The number of hydrogen-bond donors (Lipinski definition) is 1. The lowest BCUT2D eigenvalue weighted by molar-refractivity contribution is 0.285. The summed E-state index contributed by atoms with van der Waals surface area (Å²) < 4.78 is 26.4. The summed E-state index contributed by atoms with van der Waals surface area (Å²) in [5.41, 5.74) is 0. The molecule has 0 radical (unpaired) electrons. The van der Waals surface area contributed by atoms with Crippen molar-refractivity contribution in [3.05, 3.63) is 0 Å². The molecule has 0 aromatic heterocycles. The first-order valence-corrected chi connectivity index (χ1v) is 7.96. The fourth-order valence-electron chi connectivity index (χ4n) is 2.43. The van der Waals surface area contributed by atoms with Gasteiger partial charge < -0.3 is 0 Å². The molecule has 0 heterocycles. The highest BCUT2D eigenvalue weighted by molar-refractivity contribution is 7.90. The van der Waals surface area contributed by atoms with Gasteiger partial charge in [-0.25, -0.2) is 13.1 Å². The van der Waals surface area contributed by atoms with Crippen LogP contribution in [0, 0.1) is 17.2 Å². The van der Waals surface area contributed by atoms with E-state index in [4.69, 9.17) is 5.26 Å². The second-order valence-corrected chi connectivity index (χ2v) is 6.88. The van der Waals surface area contributed by atoms with Crippen molar-refractivity contribution in [1.29, 1.82) is 5.26 Å². The van der Waals surface area contributed by atoms with E-state index in [1.54, 1.807) is 6.07 Å². The van der Waals surface area contributed by atoms with Gasteiger partial charge in [-0.1, -0.05) is 26.2 Å². The summed E-state index contributed by atoms with van der Waals surface area (Å²) in [6, 6.07) is 1.78. The summed E-state index contributed by atoms with van der Waals surface area (Å²) in [5.74, 6) is 0.439. The topological polar surface area (TPSA) is 70.0 Å². The van der Waals surface area contributed by atoms with Gasteiger partial charge in [-0.3, -0.25) is 0 Å².